The summed E-state index contributed by atoms with van der Waals surface area (Å²) in [5, 5.41) is 0. The van der Waals surface area contributed by atoms with E-state index in [1.807, 2.05) is 0 Å². The van der Waals surface area contributed by atoms with Crippen LogP contribution in [-0.2, 0) is 14.2 Å². The van der Waals surface area contributed by atoms with E-state index in [0.717, 1.165) is 0 Å². The average Bonchev–Trinajstić information content (AvgIpc) is 2.06. The Hall–Kier alpha value is -1.45. The number of ether oxygens (including phenoxy) is 3. The highest BCUT2D eigenvalue weighted by Gasteiger charge is 2.07. The van der Waals surface area contributed by atoms with Crippen LogP contribution in [0.25, 0.3) is 0 Å². The molecule has 0 atom stereocenters. The van der Waals surface area contributed by atoms with Crippen LogP contribution in [0.1, 0.15) is 0 Å². The summed E-state index contributed by atoms with van der Waals surface area (Å²) in [5.74, 6) is 0.444. The van der Waals surface area contributed by atoms with E-state index in [1.54, 1.807) is 12.2 Å². The summed E-state index contributed by atoms with van der Waals surface area (Å²) in [4.78, 5) is 10.5. The normalized spacial score (nSPS) is 14.8. The van der Waals surface area contributed by atoms with E-state index in [9.17, 15) is 4.79 Å². The van der Waals surface area contributed by atoms with Crippen molar-refractivity contribution in [2.24, 2.45) is 0 Å². The van der Waals surface area contributed by atoms with Crippen molar-refractivity contribution in [3.63, 3.8) is 0 Å². The van der Waals surface area contributed by atoms with Gasteiger partial charge in [-0.05, 0) is 12.2 Å². The van der Waals surface area contributed by atoms with Gasteiger partial charge in [0.05, 0.1) is 13.4 Å². The Morgan fingerprint density at radius 1 is 1.73 bits per heavy atom. The fraction of sp³-hybridized carbons (Fsp3) is 0.286. The highest BCUT2D eigenvalue weighted by molar-refractivity contribution is 5.61. The lowest BCUT2D eigenvalue weighted by atomic mass is 10.4. The van der Waals surface area contributed by atoms with Gasteiger partial charge >= 0.3 is 6.16 Å². The number of hydrogen-bond acceptors (Lipinski definition) is 4. The van der Waals surface area contributed by atoms with Crippen LogP contribution in [0.5, 0.6) is 0 Å². The van der Waals surface area contributed by atoms with Gasteiger partial charge < -0.3 is 14.2 Å². The van der Waals surface area contributed by atoms with E-state index >= 15 is 0 Å². The van der Waals surface area contributed by atoms with Crippen LogP contribution in [0.3, 0.4) is 0 Å². The molecule has 11 heavy (non-hydrogen) atoms. The lowest BCUT2D eigenvalue weighted by molar-refractivity contribution is 0.0842. The van der Waals surface area contributed by atoms with Crippen LogP contribution in [0.15, 0.2) is 24.2 Å². The van der Waals surface area contributed by atoms with E-state index in [-0.39, 0.29) is 6.61 Å². The third kappa shape index (κ3) is 2.33. The second-order valence-corrected chi connectivity index (χ2v) is 1.83. The zero-order valence-corrected chi connectivity index (χ0v) is 6.07. The first-order valence-corrected chi connectivity index (χ1v) is 3.06. The van der Waals surface area contributed by atoms with Gasteiger partial charge in [-0.3, -0.25) is 0 Å². The maximum Gasteiger partial charge on any atom is 0.513 e. The molecule has 1 heterocycles. The number of rotatable bonds is 1. The predicted octanol–water partition coefficient (Wildman–Crippen LogP) is 1.20. The Morgan fingerprint density at radius 2 is 2.55 bits per heavy atom. The molecule has 0 aromatic carbocycles. The fourth-order valence-electron chi connectivity index (χ4n) is 0.593. The largest absolute Gasteiger partial charge is 0.513 e. The third-order valence-corrected chi connectivity index (χ3v) is 1.06. The summed E-state index contributed by atoms with van der Waals surface area (Å²) in [6.45, 7) is 0.269. The topological polar surface area (TPSA) is 44.8 Å². The maximum absolute atomic E-state index is 10.5. The molecule has 4 heteroatoms. The molecule has 0 saturated carbocycles. The summed E-state index contributed by atoms with van der Waals surface area (Å²) in [6.07, 6.45) is 4.07. The Balaban J connectivity index is 2.42. The summed E-state index contributed by atoms with van der Waals surface area (Å²) < 4.78 is 13.8. The molecule has 0 aliphatic carbocycles. The summed E-state index contributed by atoms with van der Waals surface area (Å²) in [5.41, 5.74) is 0. The molecule has 1 aliphatic heterocycles. The van der Waals surface area contributed by atoms with Gasteiger partial charge in [0, 0.05) is 0 Å². The van der Waals surface area contributed by atoms with Gasteiger partial charge in [-0.2, -0.15) is 0 Å². The first-order chi connectivity index (χ1) is 5.33. The molecule has 0 bridgehead atoms. The molecule has 0 saturated heterocycles. The van der Waals surface area contributed by atoms with Gasteiger partial charge in [0.25, 0.3) is 0 Å². The molecule has 0 N–H and O–H groups in total. The van der Waals surface area contributed by atoms with Crippen molar-refractivity contribution in [2.75, 3.05) is 13.7 Å². The lowest BCUT2D eigenvalue weighted by Crippen LogP contribution is -2.08. The van der Waals surface area contributed by atoms with Crippen LogP contribution in [0.4, 0.5) is 4.79 Å². The Morgan fingerprint density at radius 3 is 3.09 bits per heavy atom. The minimum Gasteiger partial charge on any atom is -0.493 e. The molecule has 1 rings (SSSR count). The Labute approximate surface area is 64.0 Å². The highest BCUT2D eigenvalue weighted by Crippen LogP contribution is 2.05. The molecular formula is C7H8O4. The molecule has 0 unspecified atom stereocenters. The van der Waals surface area contributed by atoms with Crippen molar-refractivity contribution in [3.05, 3.63) is 24.2 Å². The van der Waals surface area contributed by atoms with Gasteiger partial charge in [-0.1, -0.05) is 0 Å². The predicted molar refractivity (Wildman–Crippen MR) is 36.7 cm³/mol. The van der Waals surface area contributed by atoms with Gasteiger partial charge in [0.1, 0.15) is 12.4 Å². The number of carbonyl (C=O) groups excluding carboxylic acids is 1. The zero-order valence-electron chi connectivity index (χ0n) is 6.07. The van der Waals surface area contributed by atoms with E-state index in [1.165, 1.54) is 13.4 Å². The minimum absolute atomic E-state index is 0.269. The fourth-order valence-corrected chi connectivity index (χ4v) is 0.593. The number of allylic oxidation sites excluding steroid dienone is 2. The monoisotopic (exact) mass is 156 g/mol. The highest BCUT2D eigenvalue weighted by atomic mass is 16.7. The van der Waals surface area contributed by atoms with Gasteiger partial charge in [0.2, 0.25) is 0 Å². The van der Waals surface area contributed by atoms with Crippen molar-refractivity contribution in [1.82, 2.24) is 0 Å². The third-order valence-electron chi connectivity index (χ3n) is 1.06. The molecule has 0 aromatic rings. The molecule has 0 radical (unpaired) electrons. The van der Waals surface area contributed by atoms with Gasteiger partial charge in [-0.25, -0.2) is 4.79 Å². The van der Waals surface area contributed by atoms with Crippen LogP contribution in [-0.4, -0.2) is 19.9 Å². The second kappa shape index (κ2) is 3.65. The number of methoxy groups -OCH3 is 1. The first kappa shape index (κ1) is 7.65. The molecule has 0 amide bonds. The summed E-state index contributed by atoms with van der Waals surface area (Å²) in [7, 11) is 1.25. The molecular weight excluding hydrogens is 148 g/mol. The quantitative estimate of drug-likeness (QED) is 0.535. The number of carbonyl (C=O) groups is 1. The van der Waals surface area contributed by atoms with Crippen molar-refractivity contribution in [2.45, 2.75) is 0 Å². The second-order valence-electron chi connectivity index (χ2n) is 1.83. The van der Waals surface area contributed by atoms with E-state index < -0.39 is 6.16 Å². The van der Waals surface area contributed by atoms with Crippen molar-refractivity contribution in [3.8, 4) is 0 Å². The van der Waals surface area contributed by atoms with Crippen LogP contribution < -0.4 is 0 Å². The SMILES string of the molecule is COC(=O)OC1=CC=COC1. The molecule has 0 spiro atoms. The first-order valence-electron chi connectivity index (χ1n) is 3.06. The van der Waals surface area contributed by atoms with E-state index in [2.05, 4.69) is 9.47 Å². The molecule has 0 aromatic heterocycles. The zero-order chi connectivity index (χ0) is 8.10. The van der Waals surface area contributed by atoms with Crippen LogP contribution >= 0.6 is 0 Å². The molecule has 4 nitrogen and oxygen atoms in total. The van der Waals surface area contributed by atoms with Crippen LogP contribution in [0.2, 0.25) is 0 Å². The maximum atomic E-state index is 10.5. The van der Waals surface area contributed by atoms with Crippen LogP contribution in [0, 0.1) is 0 Å². The number of hydrogen-bond donors (Lipinski definition) is 0. The summed E-state index contributed by atoms with van der Waals surface area (Å²) in [6, 6.07) is 0. The lowest BCUT2D eigenvalue weighted by Gasteiger charge is -2.08. The molecule has 60 valence electrons. The minimum atomic E-state index is -0.727. The molecule has 1 aliphatic rings. The smallest absolute Gasteiger partial charge is 0.493 e. The van der Waals surface area contributed by atoms with Crippen molar-refractivity contribution in [1.29, 1.82) is 0 Å². The van der Waals surface area contributed by atoms with Crippen molar-refractivity contribution >= 4 is 6.16 Å². The standard InChI is InChI=1S/C7H8O4/c1-9-7(8)11-6-3-2-4-10-5-6/h2-4H,5H2,1H3. The Kier molecular flexibility index (Phi) is 2.54. The van der Waals surface area contributed by atoms with Gasteiger partial charge in [-0.15, -0.1) is 0 Å². The van der Waals surface area contributed by atoms with Crippen molar-refractivity contribution < 1.29 is 19.0 Å². The molecule has 0 fully saturated rings. The average molecular weight is 156 g/mol. The van der Waals surface area contributed by atoms with E-state index in [0.29, 0.717) is 5.76 Å². The van der Waals surface area contributed by atoms with E-state index in [4.69, 9.17) is 4.74 Å². The summed E-state index contributed by atoms with van der Waals surface area (Å²) >= 11 is 0. The Bertz CT molecular complexity index is 204. The van der Waals surface area contributed by atoms with Gasteiger partial charge in [0.15, 0.2) is 0 Å².